The number of hydrogen-bond donors (Lipinski definition) is 3. The number of nitrogens with two attached hydrogens (primary N) is 1. The molecule has 21 heavy (non-hydrogen) atoms. The van der Waals surface area contributed by atoms with Gasteiger partial charge in [0, 0.05) is 24.8 Å². The highest BCUT2D eigenvalue weighted by Gasteiger charge is 2.08. The molecule has 1 aromatic carbocycles. The van der Waals surface area contributed by atoms with Crippen molar-refractivity contribution in [2.45, 2.75) is 19.5 Å². The van der Waals surface area contributed by atoms with Crippen LogP contribution in [0.25, 0.3) is 0 Å². The third kappa shape index (κ3) is 4.25. The van der Waals surface area contributed by atoms with Gasteiger partial charge in [-0.3, -0.25) is 4.68 Å². The molecule has 0 unspecified atom stereocenters. The highest BCUT2D eigenvalue weighted by molar-refractivity contribution is 5.98. The van der Waals surface area contributed by atoms with E-state index in [2.05, 4.69) is 20.8 Å². The van der Waals surface area contributed by atoms with E-state index >= 15 is 0 Å². The summed E-state index contributed by atoms with van der Waals surface area (Å²) < 4.78 is 15.0. The quantitative estimate of drug-likeness (QED) is 0.229. The molecule has 0 aliphatic heterocycles. The molecule has 2 rings (SSSR count). The van der Waals surface area contributed by atoms with Crippen LogP contribution in [0.4, 0.5) is 4.39 Å². The van der Waals surface area contributed by atoms with Gasteiger partial charge < -0.3 is 16.3 Å². The van der Waals surface area contributed by atoms with Crippen molar-refractivity contribution in [2.75, 3.05) is 6.54 Å². The Bertz CT molecular complexity index is 599. The van der Waals surface area contributed by atoms with Crippen molar-refractivity contribution in [3.05, 3.63) is 47.5 Å². The summed E-state index contributed by atoms with van der Waals surface area (Å²) in [7, 11) is 0. The summed E-state index contributed by atoms with van der Waals surface area (Å²) in [6, 6.07) is 4.22. The average Bonchev–Trinajstić information content (AvgIpc) is 3.00. The second-order valence-corrected chi connectivity index (χ2v) is 4.48. The van der Waals surface area contributed by atoms with E-state index in [1.807, 2.05) is 0 Å². The van der Waals surface area contributed by atoms with Crippen LogP contribution >= 0.6 is 0 Å². The molecule has 112 valence electrons. The predicted molar refractivity (Wildman–Crippen MR) is 75.3 cm³/mol. The van der Waals surface area contributed by atoms with Crippen molar-refractivity contribution in [3.63, 3.8) is 0 Å². The van der Waals surface area contributed by atoms with E-state index in [4.69, 9.17) is 10.9 Å². The highest BCUT2D eigenvalue weighted by Crippen LogP contribution is 2.11. The zero-order valence-electron chi connectivity index (χ0n) is 11.4. The van der Waals surface area contributed by atoms with E-state index in [9.17, 15) is 4.39 Å². The first-order valence-corrected chi connectivity index (χ1v) is 6.52. The summed E-state index contributed by atoms with van der Waals surface area (Å²) in [5, 5.41) is 22.5. The minimum atomic E-state index is -0.425. The maximum absolute atomic E-state index is 13.2. The summed E-state index contributed by atoms with van der Waals surface area (Å²) in [5.41, 5.74) is 6.71. The molecule has 0 amide bonds. The highest BCUT2D eigenvalue weighted by atomic mass is 19.1. The van der Waals surface area contributed by atoms with E-state index in [0.29, 0.717) is 12.1 Å². The zero-order chi connectivity index (χ0) is 15.1. The van der Waals surface area contributed by atoms with Gasteiger partial charge in [0.15, 0.2) is 5.84 Å². The third-order valence-corrected chi connectivity index (χ3v) is 2.98. The average molecular weight is 292 g/mol. The number of rotatable bonds is 7. The van der Waals surface area contributed by atoms with E-state index in [1.165, 1.54) is 12.1 Å². The lowest BCUT2D eigenvalue weighted by molar-refractivity contribution is 0.318. The Labute approximate surface area is 121 Å². The maximum Gasteiger partial charge on any atom is 0.170 e. The van der Waals surface area contributed by atoms with Crippen LogP contribution in [0.1, 0.15) is 17.5 Å². The number of halogens is 1. The number of nitrogens with zero attached hydrogens (tertiary/aromatic N) is 4. The number of benzene rings is 1. The topological polar surface area (TPSA) is 101 Å². The van der Waals surface area contributed by atoms with E-state index in [0.717, 1.165) is 25.1 Å². The molecule has 0 aliphatic rings. The maximum atomic E-state index is 13.2. The molecule has 0 fully saturated rings. The van der Waals surface area contributed by atoms with Gasteiger partial charge in [0.25, 0.3) is 0 Å². The molecule has 0 saturated carbocycles. The van der Waals surface area contributed by atoms with Gasteiger partial charge in [0.1, 0.15) is 5.82 Å². The van der Waals surface area contributed by atoms with Crippen LogP contribution in [-0.4, -0.2) is 32.6 Å². The first-order valence-electron chi connectivity index (χ1n) is 6.52. The van der Waals surface area contributed by atoms with E-state index in [-0.39, 0.29) is 5.84 Å². The molecule has 7 nitrogen and oxygen atoms in total. The van der Waals surface area contributed by atoms with Crippen molar-refractivity contribution in [3.8, 4) is 0 Å². The minimum absolute atomic E-state index is 0.103. The Morgan fingerprint density at radius 1 is 1.48 bits per heavy atom. The summed E-state index contributed by atoms with van der Waals surface area (Å²) in [5.74, 6) is -0.527. The Hall–Kier alpha value is -2.48. The molecule has 0 bridgehead atoms. The van der Waals surface area contributed by atoms with Crippen molar-refractivity contribution < 1.29 is 9.60 Å². The number of amidine groups is 1. The fourth-order valence-corrected chi connectivity index (χ4v) is 1.94. The van der Waals surface area contributed by atoms with Crippen LogP contribution in [0.3, 0.4) is 0 Å². The summed E-state index contributed by atoms with van der Waals surface area (Å²) >= 11 is 0. The second kappa shape index (κ2) is 7.34. The fraction of sp³-hybridized carbons (Fsp3) is 0.308. The first kappa shape index (κ1) is 14.9. The van der Waals surface area contributed by atoms with Crippen molar-refractivity contribution in [2.24, 2.45) is 10.9 Å². The number of aromatic nitrogens is 3. The monoisotopic (exact) mass is 292 g/mol. The lowest BCUT2D eigenvalue weighted by Crippen LogP contribution is -2.21. The molecule has 2 aromatic rings. The minimum Gasteiger partial charge on any atom is -0.409 e. The Morgan fingerprint density at radius 2 is 2.33 bits per heavy atom. The Kier molecular flexibility index (Phi) is 5.22. The summed E-state index contributed by atoms with van der Waals surface area (Å²) in [4.78, 5) is 0. The van der Waals surface area contributed by atoms with Crippen LogP contribution in [0.2, 0.25) is 0 Å². The molecular weight excluding hydrogens is 275 g/mol. The van der Waals surface area contributed by atoms with Gasteiger partial charge in [0.05, 0.1) is 6.20 Å². The lowest BCUT2D eigenvalue weighted by atomic mass is 10.1. The molecule has 1 aromatic heterocycles. The fourth-order valence-electron chi connectivity index (χ4n) is 1.94. The van der Waals surface area contributed by atoms with Crippen LogP contribution < -0.4 is 11.1 Å². The normalized spacial score (nSPS) is 11.8. The van der Waals surface area contributed by atoms with Crippen molar-refractivity contribution in [1.29, 1.82) is 0 Å². The van der Waals surface area contributed by atoms with E-state index in [1.54, 1.807) is 23.1 Å². The molecule has 1 heterocycles. The van der Waals surface area contributed by atoms with Gasteiger partial charge in [-0.2, -0.15) is 0 Å². The molecule has 0 radical (unpaired) electrons. The van der Waals surface area contributed by atoms with Crippen molar-refractivity contribution in [1.82, 2.24) is 20.3 Å². The van der Waals surface area contributed by atoms with Crippen LogP contribution in [0.5, 0.6) is 0 Å². The first-order chi connectivity index (χ1) is 10.2. The van der Waals surface area contributed by atoms with Gasteiger partial charge in [-0.15, -0.1) is 5.10 Å². The number of hydrogen-bond acceptors (Lipinski definition) is 5. The molecule has 4 N–H and O–H groups in total. The predicted octanol–water partition coefficient (Wildman–Crippen LogP) is 0.692. The number of oxime groups is 1. The zero-order valence-corrected chi connectivity index (χ0v) is 11.4. The van der Waals surface area contributed by atoms with Crippen LogP contribution in [0.15, 0.2) is 35.7 Å². The second-order valence-electron chi connectivity index (χ2n) is 4.48. The van der Waals surface area contributed by atoms with Crippen LogP contribution in [0, 0.1) is 5.82 Å². The van der Waals surface area contributed by atoms with E-state index < -0.39 is 5.82 Å². The molecule has 0 saturated heterocycles. The molecule has 0 atom stereocenters. The van der Waals surface area contributed by atoms with Gasteiger partial charge in [-0.25, -0.2) is 4.39 Å². The van der Waals surface area contributed by atoms with Gasteiger partial charge in [-0.1, -0.05) is 16.4 Å². The number of nitrogens with one attached hydrogen (secondary N) is 1. The smallest absolute Gasteiger partial charge is 0.170 e. The molecule has 0 aliphatic carbocycles. The summed E-state index contributed by atoms with van der Waals surface area (Å²) in [6.45, 7) is 2.03. The molecular formula is C13H17FN6O. The Balaban J connectivity index is 1.85. The van der Waals surface area contributed by atoms with Gasteiger partial charge in [-0.05, 0) is 30.7 Å². The SMILES string of the molecule is N/C(=N/O)c1cc(F)ccc1CNCCCn1ccnn1. The lowest BCUT2D eigenvalue weighted by Gasteiger charge is -2.10. The largest absolute Gasteiger partial charge is 0.409 e. The Morgan fingerprint density at radius 3 is 3.05 bits per heavy atom. The van der Waals surface area contributed by atoms with Crippen LogP contribution in [-0.2, 0) is 13.1 Å². The third-order valence-electron chi connectivity index (χ3n) is 2.98. The standard InChI is InChI=1S/C13H17FN6O/c14-11-3-2-10(12(8-11)13(15)18-21)9-16-4-1-6-20-7-5-17-19-20/h2-3,5,7-8,16,21H,1,4,6,9H2,(H2,15,18). The van der Waals surface area contributed by atoms with Crippen molar-refractivity contribution >= 4 is 5.84 Å². The van der Waals surface area contributed by atoms with Gasteiger partial charge >= 0.3 is 0 Å². The summed E-state index contributed by atoms with van der Waals surface area (Å²) in [6.07, 6.45) is 4.31. The molecule has 0 spiro atoms. The molecule has 8 heteroatoms. The number of aryl methyl sites for hydroxylation is 1. The van der Waals surface area contributed by atoms with Gasteiger partial charge in [0.2, 0.25) is 0 Å².